The number of nitrogens with zero attached hydrogens (tertiary/aromatic N) is 2. The van der Waals surface area contributed by atoms with Gasteiger partial charge in [-0.3, -0.25) is 0 Å². The number of diazo groups is 1. The third-order valence-corrected chi connectivity index (χ3v) is 2.20. The number of hydrogen-bond donors (Lipinski definition) is 1. The normalized spacial score (nSPS) is 9.76. The summed E-state index contributed by atoms with van der Waals surface area (Å²) in [7, 11) is 0. The average molecular weight is 237 g/mol. The minimum absolute atomic E-state index is 0.0484. The Balaban J connectivity index is 3.20. The summed E-state index contributed by atoms with van der Waals surface area (Å²) in [5.74, 6) is 0.925. The van der Waals surface area contributed by atoms with Gasteiger partial charge in [-0.25, -0.2) is 0 Å². The first-order valence-electron chi connectivity index (χ1n) is 5.65. The minimum Gasteiger partial charge on any atom is -0.486 e. The van der Waals surface area contributed by atoms with E-state index in [4.69, 9.17) is 20.0 Å². The highest BCUT2D eigenvalue weighted by molar-refractivity contribution is 5.68. The van der Waals surface area contributed by atoms with Crippen LogP contribution in [0.3, 0.4) is 0 Å². The molecule has 5 nitrogen and oxygen atoms in total. The van der Waals surface area contributed by atoms with Gasteiger partial charge in [0.25, 0.3) is 0 Å². The van der Waals surface area contributed by atoms with E-state index in [0.717, 1.165) is 5.56 Å². The molecule has 92 valence electrons. The van der Waals surface area contributed by atoms with Gasteiger partial charge in [0, 0.05) is 6.61 Å². The van der Waals surface area contributed by atoms with Crippen LogP contribution >= 0.6 is 0 Å². The molecule has 0 spiro atoms. The molecule has 0 unspecified atom stereocenters. The van der Waals surface area contributed by atoms with Crippen molar-refractivity contribution in [1.29, 1.82) is 5.39 Å². The van der Waals surface area contributed by atoms with E-state index in [2.05, 4.69) is 4.98 Å². The second-order valence-corrected chi connectivity index (χ2v) is 3.38. The van der Waals surface area contributed by atoms with E-state index in [0.29, 0.717) is 31.1 Å². The first-order valence-corrected chi connectivity index (χ1v) is 5.65. The Labute approximate surface area is 101 Å². The molecule has 0 aliphatic carbocycles. The van der Waals surface area contributed by atoms with E-state index in [1.54, 1.807) is 12.1 Å². The van der Waals surface area contributed by atoms with Gasteiger partial charge in [0.1, 0.15) is 0 Å². The van der Waals surface area contributed by atoms with Gasteiger partial charge in [-0.1, -0.05) is 0 Å². The predicted octanol–water partition coefficient (Wildman–Crippen LogP) is 2.50. The van der Waals surface area contributed by atoms with Crippen LogP contribution in [0.15, 0.2) is 12.1 Å². The first kappa shape index (κ1) is 13.3. The van der Waals surface area contributed by atoms with Gasteiger partial charge in [-0.05, 0) is 38.0 Å². The average Bonchev–Trinajstić information content (AvgIpc) is 2.30. The summed E-state index contributed by atoms with van der Waals surface area (Å²) in [6.45, 7) is 4.68. The lowest BCUT2D eigenvalue weighted by atomic mass is 10.1. The summed E-state index contributed by atoms with van der Waals surface area (Å²) >= 11 is 0. The van der Waals surface area contributed by atoms with E-state index < -0.39 is 0 Å². The number of rotatable bonds is 6. The molecule has 0 saturated carbocycles. The molecule has 0 heterocycles. The molecule has 1 N–H and O–H groups in total. The molecule has 0 radical (unpaired) electrons. The fourth-order valence-electron chi connectivity index (χ4n) is 1.54. The van der Waals surface area contributed by atoms with Crippen molar-refractivity contribution in [3.05, 3.63) is 22.7 Å². The van der Waals surface area contributed by atoms with Crippen molar-refractivity contribution in [3.8, 4) is 11.5 Å². The van der Waals surface area contributed by atoms with E-state index in [9.17, 15) is 0 Å². The van der Waals surface area contributed by atoms with E-state index >= 15 is 0 Å². The molecule has 0 fully saturated rings. The van der Waals surface area contributed by atoms with Crippen LogP contribution in [-0.2, 0) is 6.42 Å². The minimum atomic E-state index is 0.0484. The zero-order valence-corrected chi connectivity index (χ0v) is 10.1. The number of hydrogen-bond acceptors (Lipinski definition) is 4. The van der Waals surface area contributed by atoms with Gasteiger partial charge in [0.05, 0.1) is 13.2 Å². The second kappa shape index (κ2) is 6.71. The second-order valence-electron chi connectivity index (χ2n) is 3.38. The van der Waals surface area contributed by atoms with E-state index in [1.807, 2.05) is 13.8 Å². The van der Waals surface area contributed by atoms with Crippen molar-refractivity contribution in [1.82, 2.24) is 0 Å². The predicted molar refractivity (Wildman–Crippen MR) is 64.3 cm³/mol. The highest BCUT2D eigenvalue weighted by Crippen LogP contribution is 2.39. The van der Waals surface area contributed by atoms with Gasteiger partial charge in [0.2, 0.25) is 16.9 Å². The topological polar surface area (TPSA) is 66.8 Å². The summed E-state index contributed by atoms with van der Waals surface area (Å²) in [6.07, 6.45) is 0.506. The summed E-state index contributed by atoms with van der Waals surface area (Å²) in [4.78, 5) is 3.20. The third kappa shape index (κ3) is 3.33. The van der Waals surface area contributed by atoms with Crippen molar-refractivity contribution in [3.63, 3.8) is 0 Å². The largest absolute Gasteiger partial charge is 0.486 e. The smallest absolute Gasteiger partial charge is 0.467 e. The molecule has 5 heteroatoms. The lowest BCUT2D eigenvalue weighted by molar-refractivity contribution is 0.298. The van der Waals surface area contributed by atoms with Crippen LogP contribution < -0.4 is 9.47 Å². The molecule has 17 heavy (non-hydrogen) atoms. The Hall–Kier alpha value is -1.80. The number of aliphatic hydroxyl groups is 1. The van der Waals surface area contributed by atoms with E-state index in [-0.39, 0.29) is 12.3 Å². The third-order valence-electron chi connectivity index (χ3n) is 2.20. The number of aliphatic hydroxyl groups excluding tert-OH is 1. The van der Waals surface area contributed by atoms with Crippen LogP contribution in [-0.4, -0.2) is 24.9 Å². The Morgan fingerprint density at radius 1 is 1.18 bits per heavy atom. The van der Waals surface area contributed by atoms with E-state index in [1.165, 1.54) is 0 Å². The highest BCUT2D eigenvalue weighted by Gasteiger charge is 2.24. The molecular weight excluding hydrogens is 220 g/mol. The maximum absolute atomic E-state index is 8.99. The Bertz CT molecular complexity index is 386. The highest BCUT2D eigenvalue weighted by atomic mass is 16.5. The summed E-state index contributed by atoms with van der Waals surface area (Å²) in [6, 6.07) is 3.49. The molecular formula is C12H17N2O3+. The monoisotopic (exact) mass is 237 g/mol. The van der Waals surface area contributed by atoms with Crippen LogP contribution in [0.5, 0.6) is 11.5 Å². The number of benzene rings is 1. The van der Waals surface area contributed by atoms with Gasteiger partial charge in [-0.2, -0.15) is 0 Å². The standard InChI is InChI=1S/C12H17N2O3/c1-3-16-10-7-9(5-6-15)8-11(17-4-2)12(10)14-13/h7-8,15H,3-6H2,1-2H3/q+1. The molecule has 1 aromatic rings. The lowest BCUT2D eigenvalue weighted by Gasteiger charge is -2.07. The molecule has 0 bridgehead atoms. The fourth-order valence-corrected chi connectivity index (χ4v) is 1.54. The van der Waals surface area contributed by atoms with Gasteiger partial charge in [0.15, 0.2) is 4.98 Å². The van der Waals surface area contributed by atoms with Crippen molar-refractivity contribution < 1.29 is 14.6 Å². The van der Waals surface area contributed by atoms with Crippen LogP contribution in [0.1, 0.15) is 19.4 Å². The van der Waals surface area contributed by atoms with Gasteiger partial charge in [-0.15, -0.1) is 0 Å². The Morgan fingerprint density at radius 3 is 2.06 bits per heavy atom. The zero-order chi connectivity index (χ0) is 12.7. The molecule has 1 rings (SSSR count). The summed E-state index contributed by atoms with van der Waals surface area (Å²) < 4.78 is 10.8. The van der Waals surface area contributed by atoms with Crippen LogP contribution in [0.2, 0.25) is 0 Å². The molecule has 0 saturated heterocycles. The molecule has 0 aliphatic heterocycles. The SMILES string of the molecule is CCOc1cc(CCO)cc(OCC)c1[N+]#N. The lowest BCUT2D eigenvalue weighted by Crippen LogP contribution is -1.99. The van der Waals surface area contributed by atoms with Crippen molar-refractivity contribution in [2.45, 2.75) is 20.3 Å². The first-order chi connectivity index (χ1) is 8.26. The van der Waals surface area contributed by atoms with Crippen molar-refractivity contribution >= 4 is 5.69 Å². The van der Waals surface area contributed by atoms with Crippen LogP contribution in [0.25, 0.3) is 4.98 Å². The maximum atomic E-state index is 8.99. The van der Waals surface area contributed by atoms with Crippen LogP contribution in [0.4, 0.5) is 5.69 Å². The molecule has 0 aromatic heterocycles. The molecule has 0 amide bonds. The van der Waals surface area contributed by atoms with Gasteiger partial charge >= 0.3 is 5.69 Å². The summed E-state index contributed by atoms with van der Waals surface area (Å²) in [5, 5.41) is 17.9. The van der Waals surface area contributed by atoms with Gasteiger partial charge < -0.3 is 14.6 Å². The zero-order valence-electron chi connectivity index (χ0n) is 10.1. The maximum Gasteiger partial charge on any atom is 0.467 e. The fraction of sp³-hybridized carbons (Fsp3) is 0.500. The van der Waals surface area contributed by atoms with Crippen molar-refractivity contribution in [2.75, 3.05) is 19.8 Å². The Morgan fingerprint density at radius 2 is 1.71 bits per heavy atom. The Kier molecular flexibility index (Phi) is 5.24. The molecule has 0 aliphatic rings. The van der Waals surface area contributed by atoms with Crippen LogP contribution in [0, 0.1) is 5.39 Å². The number of ether oxygens (including phenoxy) is 2. The summed E-state index contributed by atoms with van der Waals surface area (Å²) in [5.41, 5.74) is 1.17. The quantitative estimate of drug-likeness (QED) is 0.772. The van der Waals surface area contributed by atoms with Crippen molar-refractivity contribution in [2.24, 2.45) is 0 Å². The molecule has 0 atom stereocenters. The molecule has 1 aromatic carbocycles.